The lowest BCUT2D eigenvalue weighted by atomic mass is 9.61. The van der Waals surface area contributed by atoms with Crippen molar-refractivity contribution in [2.24, 2.45) is 5.92 Å². The molecule has 1 aromatic heterocycles. The van der Waals surface area contributed by atoms with Crippen molar-refractivity contribution >= 4 is 5.78 Å². The summed E-state index contributed by atoms with van der Waals surface area (Å²) in [6.07, 6.45) is 10.7. The standard InChI is InChI=1S/C25H31NO3/c27-25(21-8-13-29-17-21)20-4-6-22-18-3-5-23(24(22)16-20)19(15-18)7-12-28-14-11-26-9-1-2-10-26/h4,6,8,13,16-19,23H,1-3,5,7,9-12,14-15H2/t18-,19-,23+/m1/s1. The fourth-order valence-electron chi connectivity index (χ4n) is 5.78. The first kappa shape index (κ1) is 19.1. The molecule has 2 aromatic rings. The number of carbonyl (C=O) groups excluding carboxylic acids is 1. The van der Waals surface area contributed by atoms with Gasteiger partial charge in [-0.15, -0.1) is 0 Å². The van der Waals surface area contributed by atoms with E-state index in [-0.39, 0.29) is 5.78 Å². The van der Waals surface area contributed by atoms with Crippen LogP contribution in [0.1, 0.15) is 77.4 Å². The van der Waals surface area contributed by atoms with Crippen LogP contribution in [-0.2, 0) is 4.74 Å². The first-order chi connectivity index (χ1) is 14.3. The van der Waals surface area contributed by atoms with Crippen LogP contribution >= 0.6 is 0 Å². The number of nitrogens with zero attached hydrogens (tertiary/aromatic N) is 1. The minimum atomic E-state index is 0.0600. The number of benzene rings is 1. The summed E-state index contributed by atoms with van der Waals surface area (Å²) in [7, 11) is 0. The lowest BCUT2D eigenvalue weighted by Crippen LogP contribution is -2.31. The number of furan rings is 1. The molecule has 0 unspecified atom stereocenters. The molecular weight excluding hydrogens is 362 g/mol. The zero-order chi connectivity index (χ0) is 19.6. The van der Waals surface area contributed by atoms with Gasteiger partial charge >= 0.3 is 0 Å². The number of ketones is 1. The Morgan fingerprint density at radius 2 is 1.97 bits per heavy atom. The number of likely N-dealkylation sites (tertiary alicyclic amines) is 1. The molecule has 0 amide bonds. The van der Waals surface area contributed by atoms with E-state index < -0.39 is 0 Å². The van der Waals surface area contributed by atoms with Crippen molar-refractivity contribution in [1.29, 1.82) is 0 Å². The minimum absolute atomic E-state index is 0.0600. The average molecular weight is 394 g/mol. The van der Waals surface area contributed by atoms with Gasteiger partial charge in [0.2, 0.25) is 0 Å². The summed E-state index contributed by atoms with van der Waals surface area (Å²) < 4.78 is 11.1. The topological polar surface area (TPSA) is 42.7 Å². The number of hydrogen-bond donors (Lipinski definition) is 0. The van der Waals surface area contributed by atoms with Crippen LogP contribution in [0.15, 0.2) is 41.2 Å². The van der Waals surface area contributed by atoms with Crippen LogP contribution in [0.4, 0.5) is 0 Å². The van der Waals surface area contributed by atoms with Gasteiger partial charge in [-0.3, -0.25) is 4.79 Å². The molecule has 1 saturated carbocycles. The molecule has 0 spiro atoms. The molecule has 29 heavy (non-hydrogen) atoms. The van der Waals surface area contributed by atoms with E-state index in [0.717, 1.165) is 31.7 Å². The van der Waals surface area contributed by atoms with Gasteiger partial charge in [0.15, 0.2) is 5.78 Å². The Kier molecular flexibility index (Phi) is 5.56. The van der Waals surface area contributed by atoms with E-state index in [0.29, 0.717) is 23.3 Å². The second kappa shape index (κ2) is 8.45. The second-order valence-electron chi connectivity index (χ2n) is 9.01. The van der Waals surface area contributed by atoms with E-state index in [1.165, 1.54) is 62.6 Å². The van der Waals surface area contributed by atoms with Gasteiger partial charge in [-0.25, -0.2) is 0 Å². The van der Waals surface area contributed by atoms with E-state index >= 15 is 0 Å². The molecule has 2 heterocycles. The van der Waals surface area contributed by atoms with Crippen molar-refractivity contribution in [3.63, 3.8) is 0 Å². The molecule has 1 aliphatic heterocycles. The molecule has 3 aliphatic carbocycles. The fraction of sp³-hybridized carbons (Fsp3) is 0.560. The highest BCUT2D eigenvalue weighted by molar-refractivity contribution is 6.08. The van der Waals surface area contributed by atoms with E-state index in [4.69, 9.17) is 9.15 Å². The predicted octanol–water partition coefficient (Wildman–Crippen LogP) is 4.99. The lowest BCUT2D eigenvalue weighted by Gasteiger charge is -2.44. The smallest absolute Gasteiger partial charge is 0.196 e. The van der Waals surface area contributed by atoms with Crippen molar-refractivity contribution in [2.45, 2.75) is 50.4 Å². The highest BCUT2D eigenvalue weighted by Crippen LogP contribution is 2.53. The summed E-state index contributed by atoms with van der Waals surface area (Å²) in [5.41, 5.74) is 4.33. The Balaban J connectivity index is 1.21. The molecular formula is C25H31NO3. The lowest BCUT2D eigenvalue weighted by molar-refractivity contribution is 0.0875. The van der Waals surface area contributed by atoms with Crippen molar-refractivity contribution in [3.8, 4) is 0 Å². The van der Waals surface area contributed by atoms with Gasteiger partial charge in [0.25, 0.3) is 0 Å². The van der Waals surface area contributed by atoms with Crippen LogP contribution in [0.2, 0.25) is 0 Å². The summed E-state index contributed by atoms with van der Waals surface area (Å²) >= 11 is 0. The molecule has 0 N–H and O–H groups in total. The van der Waals surface area contributed by atoms with Crippen LogP contribution < -0.4 is 0 Å². The largest absolute Gasteiger partial charge is 0.472 e. The summed E-state index contributed by atoms with van der Waals surface area (Å²) in [4.78, 5) is 15.3. The molecule has 154 valence electrons. The first-order valence-electron chi connectivity index (χ1n) is 11.3. The Hall–Kier alpha value is -1.91. The van der Waals surface area contributed by atoms with Gasteiger partial charge in [0.1, 0.15) is 6.26 Å². The number of hydrogen-bond acceptors (Lipinski definition) is 4. The molecule has 6 rings (SSSR count). The maximum atomic E-state index is 12.7. The quantitative estimate of drug-likeness (QED) is 0.468. The SMILES string of the molecule is O=C(c1ccoc1)c1ccc2c(c1)[C@H]1CC[C@@H]2C[C@H]1CCOCCN1CCCC1. The molecule has 1 aromatic carbocycles. The zero-order valence-electron chi connectivity index (χ0n) is 17.1. The van der Waals surface area contributed by atoms with Crippen molar-refractivity contribution in [1.82, 2.24) is 4.90 Å². The average Bonchev–Trinajstić information content (AvgIpc) is 3.47. The molecule has 2 fully saturated rings. The third-order valence-corrected chi connectivity index (χ3v) is 7.34. The highest BCUT2D eigenvalue weighted by atomic mass is 16.5. The summed E-state index contributed by atoms with van der Waals surface area (Å²) in [6, 6.07) is 8.13. The van der Waals surface area contributed by atoms with Gasteiger partial charge in [-0.05, 0) is 92.6 Å². The fourth-order valence-corrected chi connectivity index (χ4v) is 5.78. The van der Waals surface area contributed by atoms with E-state index in [1.54, 1.807) is 12.3 Å². The van der Waals surface area contributed by atoms with Crippen LogP contribution in [-0.4, -0.2) is 43.5 Å². The van der Waals surface area contributed by atoms with E-state index in [1.807, 2.05) is 6.07 Å². The normalized spacial score (nSPS) is 26.0. The number of carbonyl (C=O) groups is 1. The Labute approximate surface area is 173 Å². The minimum Gasteiger partial charge on any atom is -0.472 e. The molecule has 3 atom stereocenters. The predicted molar refractivity (Wildman–Crippen MR) is 113 cm³/mol. The molecule has 4 heteroatoms. The molecule has 2 bridgehead atoms. The Morgan fingerprint density at radius 1 is 1.07 bits per heavy atom. The van der Waals surface area contributed by atoms with Gasteiger partial charge in [0.05, 0.1) is 18.4 Å². The van der Waals surface area contributed by atoms with Crippen molar-refractivity contribution in [2.75, 3.05) is 32.8 Å². The Bertz CT molecular complexity index is 838. The maximum Gasteiger partial charge on any atom is 0.196 e. The van der Waals surface area contributed by atoms with Gasteiger partial charge in [-0.2, -0.15) is 0 Å². The van der Waals surface area contributed by atoms with Crippen molar-refractivity contribution in [3.05, 3.63) is 59.0 Å². The number of rotatable bonds is 8. The van der Waals surface area contributed by atoms with Crippen molar-refractivity contribution < 1.29 is 13.9 Å². The van der Waals surface area contributed by atoms with Gasteiger partial charge in [0, 0.05) is 18.7 Å². The molecule has 0 radical (unpaired) electrons. The summed E-state index contributed by atoms with van der Waals surface area (Å²) in [5.74, 6) is 1.98. The molecule has 4 aliphatic rings. The number of fused-ring (bicyclic) bond motifs is 2. The van der Waals surface area contributed by atoms with Crippen LogP contribution in [0.5, 0.6) is 0 Å². The molecule has 4 nitrogen and oxygen atoms in total. The van der Waals surface area contributed by atoms with E-state index in [9.17, 15) is 4.79 Å². The third-order valence-electron chi connectivity index (χ3n) is 7.34. The zero-order valence-corrected chi connectivity index (χ0v) is 17.1. The van der Waals surface area contributed by atoms with Crippen LogP contribution in [0, 0.1) is 5.92 Å². The molecule has 1 saturated heterocycles. The van der Waals surface area contributed by atoms with Crippen LogP contribution in [0.3, 0.4) is 0 Å². The third kappa shape index (κ3) is 3.93. The van der Waals surface area contributed by atoms with Gasteiger partial charge in [-0.1, -0.05) is 12.1 Å². The Morgan fingerprint density at radius 3 is 2.79 bits per heavy atom. The van der Waals surface area contributed by atoms with E-state index in [2.05, 4.69) is 17.0 Å². The van der Waals surface area contributed by atoms with Crippen LogP contribution in [0.25, 0.3) is 0 Å². The maximum absolute atomic E-state index is 12.7. The highest BCUT2D eigenvalue weighted by Gasteiger charge is 2.39. The second-order valence-corrected chi connectivity index (χ2v) is 9.01. The first-order valence-corrected chi connectivity index (χ1v) is 11.3. The monoisotopic (exact) mass is 393 g/mol. The summed E-state index contributed by atoms with van der Waals surface area (Å²) in [6.45, 7) is 5.29. The van der Waals surface area contributed by atoms with Gasteiger partial charge < -0.3 is 14.1 Å². The number of ether oxygens (including phenoxy) is 1. The summed E-state index contributed by atoms with van der Waals surface area (Å²) in [5, 5.41) is 0.